The maximum atomic E-state index is 4.19. The number of hydrogen-bond donors (Lipinski definition) is 2. The zero-order valence-electron chi connectivity index (χ0n) is 12.2. The average molecular weight is 317 g/mol. The van der Waals surface area contributed by atoms with Crippen LogP contribution in [0.5, 0.6) is 0 Å². The van der Waals surface area contributed by atoms with E-state index in [1.165, 1.54) is 20.2 Å². The molecule has 0 amide bonds. The zero-order valence-corrected chi connectivity index (χ0v) is 13.9. The Morgan fingerprint density at radius 3 is 2.95 bits per heavy atom. The predicted molar refractivity (Wildman–Crippen MR) is 91.0 cm³/mol. The number of nitrogens with zero attached hydrogens (tertiary/aromatic N) is 1. The number of nitrogens with one attached hydrogen (secondary N) is 2. The zero-order chi connectivity index (χ0) is 14.7. The molecule has 0 spiro atoms. The van der Waals surface area contributed by atoms with Gasteiger partial charge in [0.05, 0.1) is 16.8 Å². The molecule has 0 aromatic carbocycles. The van der Waals surface area contributed by atoms with Gasteiger partial charge in [-0.2, -0.15) is 5.10 Å². The lowest BCUT2D eigenvalue weighted by molar-refractivity contribution is 0.549. The van der Waals surface area contributed by atoms with Crippen LogP contribution in [0.15, 0.2) is 35.8 Å². The van der Waals surface area contributed by atoms with Crippen molar-refractivity contribution in [1.29, 1.82) is 0 Å². The summed E-state index contributed by atoms with van der Waals surface area (Å²) in [5.41, 5.74) is 2.36. The molecule has 5 heteroatoms. The average Bonchev–Trinajstić information content (AvgIpc) is 3.16. The van der Waals surface area contributed by atoms with Crippen LogP contribution in [-0.4, -0.2) is 16.2 Å². The van der Waals surface area contributed by atoms with Crippen molar-refractivity contribution in [3.8, 4) is 10.6 Å². The summed E-state index contributed by atoms with van der Waals surface area (Å²) in [6.07, 6.45) is 2.99. The number of aromatic amines is 1. The third kappa shape index (κ3) is 3.61. The molecule has 0 aliphatic rings. The highest BCUT2D eigenvalue weighted by Crippen LogP contribution is 2.25. The van der Waals surface area contributed by atoms with E-state index in [1.54, 1.807) is 11.3 Å². The van der Waals surface area contributed by atoms with E-state index < -0.39 is 0 Å². The number of H-pyrrole nitrogens is 1. The molecule has 3 rings (SSSR count). The van der Waals surface area contributed by atoms with Crippen LogP contribution < -0.4 is 5.32 Å². The Morgan fingerprint density at radius 2 is 2.24 bits per heavy atom. The molecule has 0 saturated heterocycles. The Labute approximate surface area is 133 Å². The molecule has 1 unspecified atom stereocenters. The topological polar surface area (TPSA) is 40.7 Å². The van der Waals surface area contributed by atoms with Gasteiger partial charge in [-0.05, 0) is 43.8 Å². The quantitative estimate of drug-likeness (QED) is 0.714. The smallest absolute Gasteiger partial charge is 0.0794 e. The first-order chi connectivity index (χ1) is 10.2. The monoisotopic (exact) mass is 317 g/mol. The molecule has 0 bridgehead atoms. The Bertz CT molecular complexity index is 682. The van der Waals surface area contributed by atoms with Crippen molar-refractivity contribution in [2.24, 2.45) is 0 Å². The van der Waals surface area contributed by atoms with Crippen molar-refractivity contribution in [3.63, 3.8) is 0 Å². The van der Waals surface area contributed by atoms with Gasteiger partial charge in [0, 0.05) is 27.9 Å². The lowest BCUT2D eigenvalue weighted by atomic mass is 10.1. The molecule has 21 heavy (non-hydrogen) atoms. The van der Waals surface area contributed by atoms with E-state index in [0.717, 1.165) is 18.7 Å². The van der Waals surface area contributed by atoms with Gasteiger partial charge in [-0.15, -0.1) is 22.7 Å². The fraction of sp³-hybridized carbons (Fsp3) is 0.312. The Balaban J connectivity index is 1.59. The van der Waals surface area contributed by atoms with Gasteiger partial charge in [-0.25, -0.2) is 0 Å². The number of aromatic nitrogens is 2. The maximum Gasteiger partial charge on any atom is 0.0794 e. The molecule has 0 aliphatic carbocycles. The molecular formula is C16H19N3S2. The van der Waals surface area contributed by atoms with Crippen LogP contribution in [0.3, 0.4) is 0 Å². The van der Waals surface area contributed by atoms with E-state index in [9.17, 15) is 0 Å². The molecule has 0 fully saturated rings. The normalized spacial score (nSPS) is 12.7. The highest BCUT2D eigenvalue weighted by molar-refractivity contribution is 7.13. The van der Waals surface area contributed by atoms with Gasteiger partial charge in [0.15, 0.2) is 0 Å². The van der Waals surface area contributed by atoms with Crippen LogP contribution in [0.25, 0.3) is 10.6 Å². The first-order valence-electron chi connectivity index (χ1n) is 7.07. The summed E-state index contributed by atoms with van der Waals surface area (Å²) in [6.45, 7) is 5.24. The van der Waals surface area contributed by atoms with Gasteiger partial charge >= 0.3 is 0 Å². The van der Waals surface area contributed by atoms with Crippen molar-refractivity contribution in [2.45, 2.75) is 32.9 Å². The molecule has 0 saturated carbocycles. The van der Waals surface area contributed by atoms with Crippen molar-refractivity contribution in [2.75, 3.05) is 0 Å². The number of thiophene rings is 2. The number of rotatable bonds is 6. The van der Waals surface area contributed by atoms with Gasteiger partial charge in [0.2, 0.25) is 0 Å². The van der Waals surface area contributed by atoms with Crippen LogP contribution in [-0.2, 0) is 13.0 Å². The summed E-state index contributed by atoms with van der Waals surface area (Å²) in [5, 5.41) is 13.0. The minimum absolute atomic E-state index is 0.453. The van der Waals surface area contributed by atoms with Gasteiger partial charge in [-0.1, -0.05) is 6.07 Å². The summed E-state index contributed by atoms with van der Waals surface area (Å²) in [7, 11) is 0. The van der Waals surface area contributed by atoms with Crippen molar-refractivity contribution in [3.05, 3.63) is 51.2 Å². The Morgan fingerprint density at radius 1 is 1.33 bits per heavy atom. The van der Waals surface area contributed by atoms with Crippen molar-refractivity contribution < 1.29 is 0 Å². The van der Waals surface area contributed by atoms with Crippen molar-refractivity contribution in [1.82, 2.24) is 15.5 Å². The van der Waals surface area contributed by atoms with E-state index in [0.29, 0.717) is 6.04 Å². The molecule has 3 nitrogen and oxygen atoms in total. The number of hydrogen-bond acceptors (Lipinski definition) is 4. The third-order valence-corrected chi connectivity index (χ3v) is 5.34. The maximum absolute atomic E-state index is 4.19. The molecule has 3 aromatic heterocycles. The summed E-state index contributed by atoms with van der Waals surface area (Å²) >= 11 is 3.62. The van der Waals surface area contributed by atoms with Gasteiger partial charge in [0.25, 0.3) is 0 Å². The standard InChI is InChI=1S/C16H19N3S2/c1-11(8-14-6-5-12(2)21-14)17-9-13-10-18-19-16(13)15-4-3-7-20-15/h3-7,10-11,17H,8-9H2,1-2H3,(H,18,19). The van der Waals surface area contributed by atoms with E-state index >= 15 is 0 Å². The largest absolute Gasteiger partial charge is 0.310 e. The summed E-state index contributed by atoms with van der Waals surface area (Å²) in [6, 6.07) is 9.07. The lowest BCUT2D eigenvalue weighted by Crippen LogP contribution is -2.27. The Kier molecular flexibility index (Phi) is 4.53. The fourth-order valence-corrected chi connectivity index (χ4v) is 4.11. The van der Waals surface area contributed by atoms with Crippen LogP contribution >= 0.6 is 22.7 Å². The molecule has 3 heterocycles. The minimum atomic E-state index is 0.453. The minimum Gasteiger partial charge on any atom is -0.310 e. The SMILES string of the molecule is Cc1ccc(CC(C)NCc2cn[nH]c2-c2cccs2)s1. The van der Waals surface area contributed by atoms with Crippen LogP contribution in [0.1, 0.15) is 22.2 Å². The van der Waals surface area contributed by atoms with E-state index in [2.05, 4.69) is 59.0 Å². The van der Waals surface area contributed by atoms with Gasteiger partial charge in [-0.3, -0.25) is 5.10 Å². The second kappa shape index (κ2) is 6.56. The van der Waals surface area contributed by atoms with E-state index in [4.69, 9.17) is 0 Å². The molecule has 3 aromatic rings. The summed E-state index contributed by atoms with van der Waals surface area (Å²) < 4.78 is 0. The number of aryl methyl sites for hydroxylation is 1. The van der Waals surface area contributed by atoms with E-state index in [-0.39, 0.29) is 0 Å². The second-order valence-corrected chi connectivity index (χ2v) is 7.57. The predicted octanol–water partition coefficient (Wildman–Crippen LogP) is 4.23. The highest BCUT2D eigenvalue weighted by atomic mass is 32.1. The molecule has 2 N–H and O–H groups in total. The molecular weight excluding hydrogens is 298 g/mol. The highest BCUT2D eigenvalue weighted by Gasteiger charge is 2.10. The van der Waals surface area contributed by atoms with Gasteiger partial charge in [0.1, 0.15) is 0 Å². The summed E-state index contributed by atoms with van der Waals surface area (Å²) in [4.78, 5) is 4.07. The summed E-state index contributed by atoms with van der Waals surface area (Å²) in [5.74, 6) is 0. The van der Waals surface area contributed by atoms with Crippen molar-refractivity contribution >= 4 is 22.7 Å². The lowest BCUT2D eigenvalue weighted by Gasteiger charge is -2.12. The molecule has 110 valence electrons. The van der Waals surface area contributed by atoms with Crippen LogP contribution in [0, 0.1) is 6.92 Å². The molecule has 0 aliphatic heterocycles. The Hall–Kier alpha value is -1.43. The second-order valence-electron chi connectivity index (χ2n) is 5.25. The third-order valence-electron chi connectivity index (χ3n) is 3.43. The van der Waals surface area contributed by atoms with Crippen LogP contribution in [0.4, 0.5) is 0 Å². The molecule has 0 radical (unpaired) electrons. The first kappa shape index (κ1) is 14.5. The fourth-order valence-electron chi connectivity index (χ4n) is 2.33. The van der Waals surface area contributed by atoms with Crippen LogP contribution in [0.2, 0.25) is 0 Å². The molecule has 1 atom stereocenters. The van der Waals surface area contributed by atoms with E-state index in [1.807, 2.05) is 17.5 Å². The van der Waals surface area contributed by atoms with Gasteiger partial charge < -0.3 is 5.32 Å². The first-order valence-corrected chi connectivity index (χ1v) is 8.77.